The fourth-order valence-corrected chi connectivity index (χ4v) is 11.4. The molecule has 0 saturated heterocycles. The molecular formula is C52H35BN2. The zero-order valence-electron chi connectivity index (χ0n) is 30.7. The van der Waals surface area contributed by atoms with Gasteiger partial charge in [0.05, 0.1) is 16.6 Å². The van der Waals surface area contributed by atoms with Gasteiger partial charge in [-0.2, -0.15) is 0 Å². The van der Waals surface area contributed by atoms with Crippen molar-refractivity contribution >= 4 is 56.9 Å². The Morgan fingerprint density at radius 1 is 0.491 bits per heavy atom. The number of aromatic amines is 1. The van der Waals surface area contributed by atoms with Gasteiger partial charge in [0.2, 0.25) is 0 Å². The molecule has 55 heavy (non-hydrogen) atoms. The molecule has 0 unspecified atom stereocenters. The van der Waals surface area contributed by atoms with Crippen molar-refractivity contribution < 1.29 is 0 Å². The predicted octanol–water partition coefficient (Wildman–Crippen LogP) is 11.1. The number of hydrogen-bond acceptors (Lipinski definition) is 1. The predicted molar refractivity (Wildman–Crippen MR) is 231 cm³/mol. The van der Waals surface area contributed by atoms with Crippen LogP contribution in [0.3, 0.4) is 0 Å². The van der Waals surface area contributed by atoms with Crippen LogP contribution >= 0.6 is 0 Å². The molecule has 0 atom stereocenters. The van der Waals surface area contributed by atoms with E-state index in [2.05, 4.69) is 188 Å². The number of benzene rings is 8. The van der Waals surface area contributed by atoms with Crippen LogP contribution in [0.2, 0.25) is 0 Å². The van der Waals surface area contributed by atoms with Crippen molar-refractivity contribution in [2.24, 2.45) is 0 Å². The van der Waals surface area contributed by atoms with Crippen LogP contribution in [-0.2, 0) is 10.8 Å². The van der Waals surface area contributed by atoms with E-state index < -0.39 is 5.41 Å². The van der Waals surface area contributed by atoms with E-state index in [1.165, 1.54) is 117 Å². The van der Waals surface area contributed by atoms with E-state index in [0.29, 0.717) is 0 Å². The summed E-state index contributed by atoms with van der Waals surface area (Å²) in [5, 5.41) is 3.85. The van der Waals surface area contributed by atoms with E-state index >= 15 is 0 Å². The minimum atomic E-state index is -0.414. The Bertz CT molecular complexity index is 3140. The third-order valence-electron chi connectivity index (χ3n) is 13.6. The van der Waals surface area contributed by atoms with Crippen LogP contribution in [0.5, 0.6) is 0 Å². The fourth-order valence-electron chi connectivity index (χ4n) is 11.4. The zero-order chi connectivity index (χ0) is 36.2. The number of fused-ring (bicyclic) bond motifs is 17. The minimum absolute atomic E-state index is 0.110. The summed E-state index contributed by atoms with van der Waals surface area (Å²) in [6, 6.07) is 61.9. The molecule has 0 bridgehead atoms. The summed E-state index contributed by atoms with van der Waals surface area (Å²) in [6.07, 6.45) is 0. The summed E-state index contributed by atoms with van der Waals surface area (Å²) in [7, 11) is 0.849. The van der Waals surface area contributed by atoms with Crippen LogP contribution in [0.15, 0.2) is 164 Å². The van der Waals surface area contributed by atoms with E-state index in [-0.39, 0.29) is 5.41 Å². The van der Waals surface area contributed by atoms with Crippen molar-refractivity contribution in [1.29, 1.82) is 0 Å². The quantitative estimate of drug-likeness (QED) is 0.169. The number of nitrogens with zero attached hydrogens (tertiary/aromatic N) is 1. The SMILES string of the molecule is CC1(C)c2ccccc2-c2c1[nH]c1c(-c3c4c(cc5ccccc35)N3c5ccccc5C5(c6ccccc6-c6ccccc65)c5cccc(c53)B4)cccc21. The lowest BCUT2D eigenvalue weighted by molar-refractivity contribution is 0.642. The summed E-state index contributed by atoms with van der Waals surface area (Å²) in [4.78, 5) is 6.69. The van der Waals surface area contributed by atoms with Crippen LogP contribution in [0.1, 0.15) is 47.4 Å². The second-order valence-corrected chi connectivity index (χ2v) is 16.4. The van der Waals surface area contributed by atoms with Crippen LogP contribution in [0, 0.1) is 0 Å². The van der Waals surface area contributed by atoms with Crippen LogP contribution in [0.25, 0.3) is 55.1 Å². The summed E-state index contributed by atoms with van der Waals surface area (Å²) in [5.41, 5.74) is 23.4. The maximum atomic E-state index is 4.07. The second kappa shape index (κ2) is 10.1. The molecule has 1 N–H and O–H groups in total. The first-order valence-electron chi connectivity index (χ1n) is 19.6. The molecule has 0 radical (unpaired) electrons. The molecule has 256 valence electrons. The normalized spacial score (nSPS) is 15.5. The highest BCUT2D eigenvalue weighted by atomic mass is 15.2. The molecule has 0 fully saturated rings. The molecule has 13 rings (SSSR count). The third-order valence-corrected chi connectivity index (χ3v) is 13.6. The van der Waals surface area contributed by atoms with E-state index in [4.69, 9.17) is 0 Å². The van der Waals surface area contributed by atoms with E-state index in [1.807, 2.05) is 0 Å². The smallest absolute Gasteiger partial charge is 0.198 e. The lowest BCUT2D eigenvalue weighted by Gasteiger charge is -2.48. The topological polar surface area (TPSA) is 19.0 Å². The lowest BCUT2D eigenvalue weighted by atomic mass is 9.54. The van der Waals surface area contributed by atoms with Gasteiger partial charge in [0.25, 0.3) is 0 Å². The molecule has 1 spiro atoms. The molecular weight excluding hydrogens is 663 g/mol. The molecule has 4 aliphatic rings. The molecule has 0 amide bonds. The van der Waals surface area contributed by atoms with Crippen molar-refractivity contribution in [1.82, 2.24) is 4.98 Å². The van der Waals surface area contributed by atoms with Crippen molar-refractivity contribution in [3.05, 3.63) is 197 Å². The van der Waals surface area contributed by atoms with E-state index in [1.54, 1.807) is 0 Å². The average Bonchev–Trinajstić information content (AvgIpc) is 3.84. The number of aromatic nitrogens is 1. The molecule has 9 aromatic rings. The van der Waals surface area contributed by atoms with Crippen molar-refractivity contribution in [3.8, 4) is 33.4 Å². The second-order valence-electron chi connectivity index (χ2n) is 16.4. The van der Waals surface area contributed by atoms with E-state index in [0.717, 1.165) is 7.28 Å². The lowest BCUT2D eigenvalue weighted by Crippen LogP contribution is -2.47. The fraction of sp³-hybridized carbons (Fsp3) is 0.0769. The number of anilines is 3. The molecule has 0 saturated carbocycles. The summed E-state index contributed by atoms with van der Waals surface area (Å²) < 4.78 is 0. The number of H-pyrrole nitrogens is 1. The summed E-state index contributed by atoms with van der Waals surface area (Å²) in [5.74, 6) is 0. The summed E-state index contributed by atoms with van der Waals surface area (Å²) in [6.45, 7) is 4.73. The van der Waals surface area contributed by atoms with Crippen LogP contribution in [-0.4, -0.2) is 12.3 Å². The number of para-hydroxylation sites is 3. The largest absolute Gasteiger partial charge is 0.357 e. The van der Waals surface area contributed by atoms with Gasteiger partial charge in [-0.25, -0.2) is 0 Å². The van der Waals surface area contributed by atoms with Gasteiger partial charge in [0.1, 0.15) is 0 Å². The Kier molecular flexibility index (Phi) is 5.50. The third kappa shape index (κ3) is 3.45. The first-order chi connectivity index (χ1) is 27.1. The first kappa shape index (κ1) is 29.8. The Balaban J connectivity index is 1.13. The molecule has 2 aliphatic heterocycles. The molecule has 2 aliphatic carbocycles. The maximum absolute atomic E-state index is 4.07. The van der Waals surface area contributed by atoms with Crippen LogP contribution < -0.4 is 15.8 Å². The highest BCUT2D eigenvalue weighted by Gasteiger charge is 2.53. The monoisotopic (exact) mass is 698 g/mol. The molecule has 8 aromatic carbocycles. The van der Waals surface area contributed by atoms with Gasteiger partial charge in [0, 0.05) is 39.0 Å². The maximum Gasteiger partial charge on any atom is 0.198 e. The Morgan fingerprint density at radius 2 is 1.09 bits per heavy atom. The Hall–Kier alpha value is -6.58. The molecule has 1 aromatic heterocycles. The van der Waals surface area contributed by atoms with Gasteiger partial charge in [0.15, 0.2) is 7.28 Å². The van der Waals surface area contributed by atoms with Gasteiger partial charge in [-0.1, -0.05) is 171 Å². The van der Waals surface area contributed by atoms with Crippen molar-refractivity contribution in [2.45, 2.75) is 24.7 Å². The number of nitrogens with one attached hydrogen (secondary N) is 1. The minimum Gasteiger partial charge on any atom is -0.357 e. The highest BCUT2D eigenvalue weighted by Crippen LogP contribution is 2.63. The summed E-state index contributed by atoms with van der Waals surface area (Å²) >= 11 is 0. The number of hydrogen-bond donors (Lipinski definition) is 1. The van der Waals surface area contributed by atoms with Gasteiger partial charge in [-0.05, 0) is 78.4 Å². The number of rotatable bonds is 1. The Morgan fingerprint density at radius 3 is 1.89 bits per heavy atom. The zero-order valence-corrected chi connectivity index (χ0v) is 30.7. The molecule has 3 heteroatoms. The van der Waals surface area contributed by atoms with Gasteiger partial charge in [-0.15, -0.1) is 0 Å². The first-order valence-corrected chi connectivity index (χ1v) is 19.6. The highest BCUT2D eigenvalue weighted by molar-refractivity contribution is 6.74. The van der Waals surface area contributed by atoms with Gasteiger partial charge < -0.3 is 9.88 Å². The molecule has 3 heterocycles. The van der Waals surface area contributed by atoms with Gasteiger partial charge in [-0.3, -0.25) is 0 Å². The van der Waals surface area contributed by atoms with Crippen LogP contribution in [0.4, 0.5) is 17.1 Å². The molecule has 2 nitrogen and oxygen atoms in total. The van der Waals surface area contributed by atoms with Crippen molar-refractivity contribution in [3.63, 3.8) is 0 Å². The van der Waals surface area contributed by atoms with Crippen molar-refractivity contribution in [2.75, 3.05) is 4.90 Å². The van der Waals surface area contributed by atoms with Gasteiger partial charge >= 0.3 is 0 Å². The average molecular weight is 699 g/mol. The standard InChI is InChI=1S/C52H35BN2/c1-51(2)37-22-8-7-19-34(37)46-36-21-13-20-35(48(36)54-50(46)51)45-31-16-4-3-15-30(31)29-44-47(45)53-42-27-14-26-41-49(42)55(44)43-28-12-11-25-40(43)52(41)38-23-9-5-17-32(38)33-18-6-10-24-39(33)52/h3-29,53-54H,1-2H3. The Labute approximate surface area is 321 Å². The van der Waals surface area contributed by atoms with E-state index in [9.17, 15) is 0 Å².